The van der Waals surface area contributed by atoms with Crippen LogP contribution in [-0.2, 0) is 0 Å². The lowest BCUT2D eigenvalue weighted by molar-refractivity contribution is 0.0926. The number of nitriles is 1. The second-order valence-electron chi connectivity index (χ2n) is 6.79. The fourth-order valence-electron chi connectivity index (χ4n) is 3.46. The summed E-state index contributed by atoms with van der Waals surface area (Å²) in [5.74, 6) is -0.631. The van der Waals surface area contributed by atoms with E-state index in [2.05, 4.69) is 25.9 Å². The van der Waals surface area contributed by atoms with Gasteiger partial charge in [-0.3, -0.25) is 9.59 Å². The van der Waals surface area contributed by atoms with Crippen molar-refractivity contribution < 1.29 is 9.59 Å². The summed E-state index contributed by atoms with van der Waals surface area (Å²) in [5, 5.41) is 27.4. The van der Waals surface area contributed by atoms with E-state index in [0.29, 0.717) is 16.9 Å². The number of nitrogens with one attached hydrogen (secondary N) is 2. The summed E-state index contributed by atoms with van der Waals surface area (Å²) < 4.78 is 0. The van der Waals surface area contributed by atoms with Crippen LogP contribution >= 0.6 is 0 Å². The summed E-state index contributed by atoms with van der Waals surface area (Å²) in [6.07, 6.45) is 1.41. The van der Waals surface area contributed by atoms with E-state index in [9.17, 15) is 14.9 Å². The topological polar surface area (TPSA) is 128 Å². The number of H-pyrrole nitrogens is 1. The average Bonchev–Trinajstić information content (AvgIpc) is 3.41. The van der Waals surface area contributed by atoms with E-state index in [1.807, 2.05) is 42.5 Å². The Hall–Kier alpha value is -4.84. The lowest BCUT2D eigenvalue weighted by atomic mass is 10.1. The fraction of sp³-hybridized carbons (Fsp3) is 0. The van der Waals surface area contributed by atoms with Crippen molar-refractivity contribution in [3.8, 4) is 6.07 Å². The molecule has 0 saturated carbocycles. The van der Waals surface area contributed by atoms with E-state index in [1.54, 1.807) is 24.3 Å². The van der Waals surface area contributed by atoms with Gasteiger partial charge in [0, 0.05) is 11.9 Å². The molecule has 0 unspecified atom stereocenters. The van der Waals surface area contributed by atoms with Crippen LogP contribution in [0, 0.1) is 11.3 Å². The lowest BCUT2D eigenvalue weighted by Crippen LogP contribution is -2.29. The van der Waals surface area contributed by atoms with Crippen molar-refractivity contribution in [2.75, 3.05) is 10.2 Å². The number of allylic oxidation sites excluding steroid dienone is 1. The minimum atomic E-state index is -0.401. The van der Waals surface area contributed by atoms with Crippen LogP contribution in [0.15, 0.2) is 66.9 Å². The van der Waals surface area contributed by atoms with Crippen molar-refractivity contribution in [1.29, 1.82) is 5.26 Å². The molecule has 5 rings (SSSR count). The highest BCUT2D eigenvalue weighted by atomic mass is 16.2. The second-order valence-corrected chi connectivity index (χ2v) is 6.79. The largest absolute Gasteiger partial charge is 0.360 e. The highest BCUT2D eigenvalue weighted by molar-refractivity contribution is 6.34. The molecule has 2 N–H and O–H groups in total. The van der Waals surface area contributed by atoms with Crippen LogP contribution in [0.5, 0.6) is 0 Å². The maximum atomic E-state index is 13.1. The van der Waals surface area contributed by atoms with Crippen molar-refractivity contribution >= 4 is 39.5 Å². The molecule has 1 aliphatic rings. The second kappa shape index (κ2) is 7.20. The quantitative estimate of drug-likeness (QED) is 0.393. The van der Waals surface area contributed by atoms with E-state index >= 15 is 0 Å². The molecule has 0 spiro atoms. The van der Waals surface area contributed by atoms with Gasteiger partial charge in [-0.05, 0) is 46.3 Å². The molecule has 3 aromatic carbocycles. The van der Waals surface area contributed by atoms with Gasteiger partial charge in [0.2, 0.25) is 5.82 Å². The Morgan fingerprint density at radius 3 is 2.58 bits per heavy atom. The lowest BCUT2D eigenvalue weighted by Gasteiger charge is -2.14. The summed E-state index contributed by atoms with van der Waals surface area (Å²) in [6, 6.07) is 20.0. The zero-order valence-corrected chi connectivity index (χ0v) is 15.9. The molecule has 4 aromatic rings. The van der Waals surface area contributed by atoms with Gasteiger partial charge in [-0.15, -0.1) is 10.2 Å². The molecular weight excluding hydrogens is 394 g/mol. The maximum Gasteiger partial charge on any atom is 0.266 e. The van der Waals surface area contributed by atoms with Crippen molar-refractivity contribution in [3.05, 3.63) is 83.8 Å². The molecule has 0 radical (unpaired) electrons. The number of fused-ring (bicyclic) bond motifs is 2. The van der Waals surface area contributed by atoms with Gasteiger partial charge in [-0.25, -0.2) is 4.90 Å². The van der Waals surface area contributed by atoms with Gasteiger partial charge < -0.3 is 5.32 Å². The molecular formula is C22H13N7O2. The smallest absolute Gasteiger partial charge is 0.266 e. The third-order valence-corrected chi connectivity index (χ3v) is 4.97. The molecule has 1 aromatic heterocycles. The predicted octanol–water partition coefficient (Wildman–Crippen LogP) is 3.13. The predicted molar refractivity (Wildman–Crippen MR) is 113 cm³/mol. The van der Waals surface area contributed by atoms with Gasteiger partial charge >= 0.3 is 0 Å². The number of hydrogen-bond acceptors (Lipinski definition) is 7. The number of rotatable bonds is 4. The van der Waals surface area contributed by atoms with Crippen LogP contribution in [0.25, 0.3) is 16.3 Å². The van der Waals surface area contributed by atoms with Gasteiger partial charge in [0.05, 0.1) is 16.8 Å². The number of benzene rings is 3. The number of amides is 2. The van der Waals surface area contributed by atoms with Gasteiger partial charge in [-0.1, -0.05) is 30.3 Å². The number of anilines is 2. The fourth-order valence-corrected chi connectivity index (χ4v) is 3.46. The molecule has 31 heavy (non-hydrogen) atoms. The van der Waals surface area contributed by atoms with Gasteiger partial charge in [-0.2, -0.15) is 10.5 Å². The molecule has 1 aliphatic heterocycles. The van der Waals surface area contributed by atoms with Crippen LogP contribution in [0.3, 0.4) is 0 Å². The van der Waals surface area contributed by atoms with Crippen LogP contribution in [0.4, 0.5) is 11.4 Å². The van der Waals surface area contributed by atoms with E-state index in [-0.39, 0.29) is 22.9 Å². The average molecular weight is 407 g/mol. The summed E-state index contributed by atoms with van der Waals surface area (Å²) in [6.45, 7) is 0. The third-order valence-electron chi connectivity index (χ3n) is 4.97. The Kier molecular flexibility index (Phi) is 4.23. The number of carbonyl (C=O) groups is 2. The number of aromatic amines is 1. The van der Waals surface area contributed by atoms with E-state index in [0.717, 1.165) is 10.8 Å². The van der Waals surface area contributed by atoms with Crippen molar-refractivity contribution in [3.63, 3.8) is 0 Å². The van der Waals surface area contributed by atoms with E-state index in [4.69, 9.17) is 0 Å². The molecule has 0 bridgehead atoms. The van der Waals surface area contributed by atoms with Crippen LogP contribution in [-0.4, -0.2) is 32.4 Å². The first kappa shape index (κ1) is 18.2. The number of imide groups is 1. The minimum absolute atomic E-state index is 0.143. The van der Waals surface area contributed by atoms with Crippen molar-refractivity contribution in [2.24, 2.45) is 0 Å². The van der Waals surface area contributed by atoms with Gasteiger partial charge in [0.1, 0.15) is 11.6 Å². The SMILES string of the molecule is N#CC(=CNc1ccc2c(c1)C(=O)N(c1ccc3ccccc3c1)C2=O)c1nn[nH]n1. The Balaban J connectivity index is 1.46. The van der Waals surface area contributed by atoms with Crippen LogP contribution in [0.2, 0.25) is 0 Å². The highest BCUT2D eigenvalue weighted by Gasteiger charge is 2.36. The summed E-state index contributed by atoms with van der Waals surface area (Å²) in [5.41, 5.74) is 1.83. The first-order valence-corrected chi connectivity index (χ1v) is 9.28. The zero-order chi connectivity index (χ0) is 21.4. The Morgan fingerprint density at radius 1 is 1.00 bits per heavy atom. The van der Waals surface area contributed by atoms with E-state index in [1.165, 1.54) is 11.1 Å². The summed E-state index contributed by atoms with van der Waals surface area (Å²) in [4.78, 5) is 27.2. The molecule has 0 fully saturated rings. The first-order chi connectivity index (χ1) is 15.2. The van der Waals surface area contributed by atoms with E-state index < -0.39 is 5.91 Å². The van der Waals surface area contributed by atoms with Crippen LogP contribution < -0.4 is 10.2 Å². The minimum Gasteiger partial charge on any atom is -0.360 e. The monoisotopic (exact) mass is 407 g/mol. The number of nitrogens with zero attached hydrogens (tertiary/aromatic N) is 5. The number of carbonyl (C=O) groups excluding carboxylic acids is 2. The molecule has 9 nitrogen and oxygen atoms in total. The molecule has 0 aliphatic carbocycles. The van der Waals surface area contributed by atoms with Crippen molar-refractivity contribution in [1.82, 2.24) is 20.6 Å². The van der Waals surface area contributed by atoms with Crippen LogP contribution in [0.1, 0.15) is 26.5 Å². The third kappa shape index (κ3) is 3.08. The van der Waals surface area contributed by atoms with Crippen molar-refractivity contribution in [2.45, 2.75) is 0 Å². The Bertz CT molecular complexity index is 1420. The normalized spacial score (nSPS) is 13.4. The van der Waals surface area contributed by atoms with Gasteiger partial charge in [0.15, 0.2) is 0 Å². The first-order valence-electron chi connectivity index (χ1n) is 9.28. The molecule has 2 heterocycles. The van der Waals surface area contributed by atoms with Gasteiger partial charge in [0.25, 0.3) is 11.8 Å². The maximum absolute atomic E-state index is 13.1. The molecule has 9 heteroatoms. The molecule has 0 saturated heterocycles. The molecule has 148 valence electrons. The standard InChI is InChI=1S/C22H13N7O2/c23-11-15(20-25-27-28-26-20)12-24-16-6-8-18-19(10-16)22(31)29(21(18)30)17-7-5-13-3-1-2-4-14(13)9-17/h1-10,12,24H,(H,25,26,27,28). The highest BCUT2D eigenvalue weighted by Crippen LogP contribution is 2.32. The summed E-state index contributed by atoms with van der Waals surface area (Å²) >= 11 is 0. The molecule has 0 atom stereocenters. The number of hydrogen-bond donors (Lipinski definition) is 2. The Morgan fingerprint density at radius 2 is 1.81 bits per heavy atom. The number of aromatic nitrogens is 4. The number of tetrazole rings is 1. The Labute approximate surface area is 175 Å². The summed E-state index contributed by atoms with van der Waals surface area (Å²) in [7, 11) is 0. The zero-order valence-electron chi connectivity index (χ0n) is 15.9. The molecule has 2 amide bonds.